The van der Waals surface area contributed by atoms with E-state index < -0.39 is 0 Å². The van der Waals surface area contributed by atoms with Crippen LogP contribution in [0.25, 0.3) is 0 Å². The molecule has 1 aromatic heterocycles. The molecule has 0 atom stereocenters. The molecule has 0 fully saturated rings. The van der Waals surface area contributed by atoms with Crippen molar-refractivity contribution in [2.24, 2.45) is 5.73 Å². The number of aryl methyl sites for hydroxylation is 1. The van der Waals surface area contributed by atoms with Crippen LogP contribution in [0.5, 0.6) is 5.75 Å². The van der Waals surface area contributed by atoms with Crippen LogP contribution in [-0.4, -0.2) is 24.0 Å². The molecule has 1 heterocycles. The van der Waals surface area contributed by atoms with E-state index in [1.165, 1.54) is 11.1 Å². The molecule has 2 aromatic rings. The van der Waals surface area contributed by atoms with Crippen LogP contribution < -0.4 is 10.5 Å². The Balaban J connectivity index is 2.08. The molecule has 0 saturated heterocycles. The molecule has 4 heteroatoms. The van der Waals surface area contributed by atoms with E-state index >= 15 is 0 Å². The summed E-state index contributed by atoms with van der Waals surface area (Å²) < 4.78 is 5.30. The van der Waals surface area contributed by atoms with Gasteiger partial charge in [-0.2, -0.15) is 0 Å². The van der Waals surface area contributed by atoms with Crippen molar-refractivity contribution in [3.8, 4) is 5.75 Å². The van der Waals surface area contributed by atoms with E-state index in [2.05, 4.69) is 35.1 Å². The van der Waals surface area contributed by atoms with Gasteiger partial charge in [-0.1, -0.05) is 24.3 Å². The van der Waals surface area contributed by atoms with Gasteiger partial charge in [-0.05, 0) is 25.1 Å². The first-order chi connectivity index (χ1) is 10.1. The molecule has 0 saturated carbocycles. The number of ether oxygens (including phenoxy) is 1. The summed E-state index contributed by atoms with van der Waals surface area (Å²) >= 11 is 0. The van der Waals surface area contributed by atoms with Gasteiger partial charge in [0, 0.05) is 37.5 Å². The predicted octanol–water partition coefficient (Wildman–Crippen LogP) is 2.49. The summed E-state index contributed by atoms with van der Waals surface area (Å²) in [5.74, 6) is 0.855. The summed E-state index contributed by atoms with van der Waals surface area (Å²) in [7, 11) is 3.77. The van der Waals surface area contributed by atoms with Crippen molar-refractivity contribution >= 4 is 0 Å². The maximum atomic E-state index is 5.79. The average Bonchev–Trinajstić information content (AvgIpc) is 2.47. The molecule has 0 radical (unpaired) electrons. The van der Waals surface area contributed by atoms with Crippen molar-refractivity contribution in [1.82, 2.24) is 9.88 Å². The van der Waals surface area contributed by atoms with Gasteiger partial charge in [0.1, 0.15) is 5.75 Å². The van der Waals surface area contributed by atoms with E-state index in [0.29, 0.717) is 6.54 Å². The molecule has 2 rings (SSSR count). The second kappa shape index (κ2) is 7.20. The van der Waals surface area contributed by atoms with Gasteiger partial charge in [-0.3, -0.25) is 9.88 Å². The van der Waals surface area contributed by atoms with Crippen molar-refractivity contribution in [2.45, 2.75) is 26.6 Å². The van der Waals surface area contributed by atoms with Crippen LogP contribution in [-0.2, 0) is 19.6 Å². The highest BCUT2D eigenvalue weighted by Crippen LogP contribution is 2.16. The summed E-state index contributed by atoms with van der Waals surface area (Å²) in [6, 6.07) is 12.2. The van der Waals surface area contributed by atoms with Crippen LogP contribution in [0.2, 0.25) is 0 Å². The Bertz CT molecular complexity index is 598. The van der Waals surface area contributed by atoms with Crippen LogP contribution in [0.4, 0.5) is 0 Å². The Morgan fingerprint density at radius 3 is 2.52 bits per heavy atom. The molecule has 2 N–H and O–H groups in total. The number of methoxy groups -OCH3 is 1. The van der Waals surface area contributed by atoms with Crippen LogP contribution in [0.3, 0.4) is 0 Å². The molecule has 0 unspecified atom stereocenters. The molecule has 0 bridgehead atoms. The summed E-state index contributed by atoms with van der Waals surface area (Å²) in [5, 5.41) is 0. The largest absolute Gasteiger partial charge is 0.497 e. The van der Waals surface area contributed by atoms with E-state index in [4.69, 9.17) is 10.5 Å². The maximum absolute atomic E-state index is 5.79. The lowest BCUT2D eigenvalue weighted by Gasteiger charge is -2.18. The quantitative estimate of drug-likeness (QED) is 0.886. The molecule has 0 amide bonds. The minimum absolute atomic E-state index is 0.570. The molecular formula is C17H23N3O. The maximum Gasteiger partial charge on any atom is 0.122 e. The number of aromatic nitrogens is 1. The van der Waals surface area contributed by atoms with Gasteiger partial charge < -0.3 is 10.5 Å². The molecule has 0 aliphatic heterocycles. The zero-order chi connectivity index (χ0) is 15.2. The molecule has 0 aliphatic carbocycles. The Kier molecular flexibility index (Phi) is 5.31. The summed E-state index contributed by atoms with van der Waals surface area (Å²) in [6.45, 7) is 4.18. The standard InChI is InChI=1S/C17H23N3O/c1-13-8-17(21-3)9-16(19-13)12-20(2)11-15-7-5-4-6-14(15)10-18/h4-9H,10-12,18H2,1-3H3. The molecule has 112 valence electrons. The number of nitrogens with two attached hydrogens (primary N) is 1. The van der Waals surface area contributed by atoms with Crippen LogP contribution in [0, 0.1) is 6.92 Å². The fourth-order valence-corrected chi connectivity index (χ4v) is 2.44. The van der Waals surface area contributed by atoms with E-state index in [0.717, 1.165) is 30.2 Å². The third-order valence-electron chi connectivity index (χ3n) is 3.43. The highest BCUT2D eigenvalue weighted by atomic mass is 16.5. The van der Waals surface area contributed by atoms with Crippen molar-refractivity contribution in [1.29, 1.82) is 0 Å². The van der Waals surface area contributed by atoms with E-state index in [-0.39, 0.29) is 0 Å². The Morgan fingerprint density at radius 2 is 1.86 bits per heavy atom. The van der Waals surface area contributed by atoms with Crippen LogP contribution in [0.15, 0.2) is 36.4 Å². The summed E-state index contributed by atoms with van der Waals surface area (Å²) in [6.07, 6.45) is 0. The van der Waals surface area contributed by atoms with Gasteiger partial charge in [-0.15, -0.1) is 0 Å². The van der Waals surface area contributed by atoms with Crippen molar-refractivity contribution in [3.05, 3.63) is 58.9 Å². The lowest BCUT2D eigenvalue weighted by atomic mass is 10.1. The highest BCUT2D eigenvalue weighted by molar-refractivity contribution is 5.28. The Morgan fingerprint density at radius 1 is 1.14 bits per heavy atom. The predicted molar refractivity (Wildman–Crippen MR) is 85.0 cm³/mol. The highest BCUT2D eigenvalue weighted by Gasteiger charge is 2.07. The zero-order valence-corrected chi connectivity index (χ0v) is 13.0. The minimum atomic E-state index is 0.570. The van der Waals surface area contributed by atoms with Crippen LogP contribution in [0.1, 0.15) is 22.5 Å². The van der Waals surface area contributed by atoms with E-state index in [9.17, 15) is 0 Å². The topological polar surface area (TPSA) is 51.4 Å². The number of pyridine rings is 1. The van der Waals surface area contributed by atoms with Crippen molar-refractivity contribution in [2.75, 3.05) is 14.2 Å². The van der Waals surface area contributed by atoms with E-state index in [1.54, 1.807) is 7.11 Å². The summed E-state index contributed by atoms with van der Waals surface area (Å²) in [4.78, 5) is 6.79. The number of hydrogen-bond donors (Lipinski definition) is 1. The lowest BCUT2D eigenvalue weighted by molar-refractivity contribution is 0.313. The molecule has 21 heavy (non-hydrogen) atoms. The fraction of sp³-hybridized carbons (Fsp3) is 0.353. The Labute approximate surface area is 126 Å². The second-order valence-corrected chi connectivity index (χ2v) is 5.28. The molecule has 0 aliphatic rings. The molecule has 0 spiro atoms. The van der Waals surface area contributed by atoms with Gasteiger partial charge in [0.25, 0.3) is 0 Å². The zero-order valence-electron chi connectivity index (χ0n) is 13.0. The van der Waals surface area contributed by atoms with Gasteiger partial charge in [0.15, 0.2) is 0 Å². The average molecular weight is 285 g/mol. The number of benzene rings is 1. The van der Waals surface area contributed by atoms with Crippen molar-refractivity contribution < 1.29 is 4.74 Å². The molecule has 1 aromatic carbocycles. The second-order valence-electron chi connectivity index (χ2n) is 5.28. The smallest absolute Gasteiger partial charge is 0.122 e. The van der Waals surface area contributed by atoms with Crippen molar-refractivity contribution in [3.63, 3.8) is 0 Å². The van der Waals surface area contributed by atoms with E-state index in [1.807, 2.05) is 25.1 Å². The minimum Gasteiger partial charge on any atom is -0.497 e. The van der Waals surface area contributed by atoms with Gasteiger partial charge in [0.05, 0.1) is 12.8 Å². The third kappa shape index (κ3) is 4.28. The van der Waals surface area contributed by atoms with Crippen LogP contribution >= 0.6 is 0 Å². The molecule has 4 nitrogen and oxygen atoms in total. The first-order valence-electron chi connectivity index (χ1n) is 7.09. The fourth-order valence-electron chi connectivity index (χ4n) is 2.44. The number of hydrogen-bond acceptors (Lipinski definition) is 4. The van der Waals surface area contributed by atoms with Gasteiger partial charge >= 0.3 is 0 Å². The lowest BCUT2D eigenvalue weighted by Crippen LogP contribution is -2.19. The number of nitrogens with zero attached hydrogens (tertiary/aromatic N) is 2. The van der Waals surface area contributed by atoms with Gasteiger partial charge in [-0.25, -0.2) is 0 Å². The van der Waals surface area contributed by atoms with Gasteiger partial charge in [0.2, 0.25) is 0 Å². The third-order valence-corrected chi connectivity index (χ3v) is 3.43. The molecular weight excluding hydrogens is 262 g/mol. The SMILES string of the molecule is COc1cc(C)nc(CN(C)Cc2ccccc2CN)c1. The monoisotopic (exact) mass is 285 g/mol. The first-order valence-corrected chi connectivity index (χ1v) is 7.09. The summed E-state index contributed by atoms with van der Waals surface area (Å²) in [5.41, 5.74) is 10.2. The first kappa shape index (κ1) is 15.5. The number of rotatable bonds is 6. The normalized spacial score (nSPS) is 10.9. The Hall–Kier alpha value is -1.91.